The summed E-state index contributed by atoms with van der Waals surface area (Å²) < 4.78 is 17.9. The number of likely N-dealkylation sites (tertiary alicyclic amines) is 2. The summed E-state index contributed by atoms with van der Waals surface area (Å²) in [6.45, 7) is 10.4. The number of benzene rings is 2. The molecule has 3 saturated heterocycles. The van der Waals surface area contributed by atoms with Gasteiger partial charge in [0.2, 0.25) is 5.95 Å². The summed E-state index contributed by atoms with van der Waals surface area (Å²) >= 11 is 3.56. The van der Waals surface area contributed by atoms with Gasteiger partial charge in [-0.3, -0.25) is 4.90 Å². The second-order valence-corrected chi connectivity index (χ2v) is 13.0. The van der Waals surface area contributed by atoms with Gasteiger partial charge in [-0.05, 0) is 78.3 Å². The van der Waals surface area contributed by atoms with E-state index < -0.39 is 0 Å². The molecule has 3 fully saturated rings. The van der Waals surface area contributed by atoms with Crippen LogP contribution in [0.25, 0.3) is 0 Å². The summed E-state index contributed by atoms with van der Waals surface area (Å²) in [5.41, 5.74) is 3.97. The summed E-state index contributed by atoms with van der Waals surface area (Å²) in [5.74, 6) is 4.84. The van der Waals surface area contributed by atoms with Crippen LogP contribution >= 0.6 is 15.9 Å². The van der Waals surface area contributed by atoms with Crippen LogP contribution in [0, 0.1) is 24.8 Å². The summed E-state index contributed by atoms with van der Waals surface area (Å²) in [4.78, 5) is 17.0. The molecule has 4 aliphatic rings. The van der Waals surface area contributed by atoms with Crippen LogP contribution < -0.4 is 29.7 Å². The third-order valence-electron chi connectivity index (χ3n) is 9.24. The lowest BCUT2D eigenvalue weighted by molar-refractivity contribution is 0.171. The monoisotopic (exact) mass is 648 g/mol. The third kappa shape index (κ3) is 5.94. The van der Waals surface area contributed by atoms with E-state index in [2.05, 4.69) is 78.4 Å². The molecule has 3 aromatic rings. The van der Waals surface area contributed by atoms with E-state index in [0.29, 0.717) is 42.5 Å². The van der Waals surface area contributed by atoms with E-state index in [1.165, 1.54) is 50.3 Å². The van der Waals surface area contributed by atoms with Crippen molar-refractivity contribution in [2.45, 2.75) is 25.8 Å². The fourth-order valence-electron chi connectivity index (χ4n) is 7.13. The van der Waals surface area contributed by atoms with E-state index in [1.54, 1.807) is 13.3 Å². The number of hydrogen-bond donors (Lipinski definition) is 2. The lowest BCUT2D eigenvalue weighted by Gasteiger charge is -2.39. The quantitative estimate of drug-likeness (QED) is 0.362. The summed E-state index contributed by atoms with van der Waals surface area (Å²) in [7, 11) is 3.97. The van der Waals surface area contributed by atoms with Crippen molar-refractivity contribution in [2.75, 3.05) is 82.2 Å². The molecule has 0 saturated carbocycles. The van der Waals surface area contributed by atoms with Crippen molar-refractivity contribution in [3.05, 3.63) is 46.6 Å². The molecule has 2 atom stereocenters. The Balaban J connectivity index is 1.02. The molecule has 227 valence electrons. The predicted molar refractivity (Wildman–Crippen MR) is 172 cm³/mol. The molecule has 10 nitrogen and oxygen atoms in total. The highest BCUT2D eigenvalue weighted by Gasteiger charge is 2.41. The van der Waals surface area contributed by atoms with Crippen molar-refractivity contribution >= 4 is 44.8 Å². The van der Waals surface area contributed by atoms with Crippen LogP contribution in [0.4, 0.5) is 28.8 Å². The van der Waals surface area contributed by atoms with E-state index in [1.807, 2.05) is 12.1 Å². The number of aromatic nitrogens is 2. The molecule has 0 aliphatic carbocycles. The van der Waals surface area contributed by atoms with Crippen molar-refractivity contribution in [3.63, 3.8) is 0 Å². The molecule has 0 amide bonds. The number of nitrogens with zero attached hydrogens (tertiary/aromatic N) is 5. The normalized spacial score (nSPS) is 22.5. The molecular formula is C32H39BrN7O3. The van der Waals surface area contributed by atoms with Crippen LogP contribution in [0.1, 0.15) is 18.4 Å². The van der Waals surface area contributed by atoms with Gasteiger partial charge in [0.25, 0.3) is 0 Å². The summed E-state index contributed by atoms with van der Waals surface area (Å²) in [5, 5.41) is 6.68. The van der Waals surface area contributed by atoms with E-state index in [9.17, 15) is 0 Å². The zero-order valence-corrected chi connectivity index (χ0v) is 26.6. The van der Waals surface area contributed by atoms with Crippen LogP contribution in [0.3, 0.4) is 0 Å². The Kier molecular flexibility index (Phi) is 7.96. The fraction of sp³-hybridized carbons (Fsp3) is 0.500. The maximum absolute atomic E-state index is 5.85. The molecule has 43 heavy (non-hydrogen) atoms. The molecule has 2 N–H and O–H groups in total. The van der Waals surface area contributed by atoms with Crippen molar-refractivity contribution in [3.8, 4) is 17.2 Å². The predicted octanol–water partition coefficient (Wildman–Crippen LogP) is 5.08. The second kappa shape index (κ2) is 12.0. The number of rotatable bonds is 7. The Labute approximate surface area is 261 Å². The zero-order valence-electron chi connectivity index (χ0n) is 25.0. The van der Waals surface area contributed by atoms with Gasteiger partial charge in [-0.15, -0.1) is 0 Å². The van der Waals surface area contributed by atoms with E-state index in [-0.39, 0.29) is 0 Å². The highest BCUT2D eigenvalue weighted by molar-refractivity contribution is 9.10. The number of aryl methyl sites for hydroxylation is 1. The number of hydrogen-bond acceptors (Lipinski definition) is 10. The van der Waals surface area contributed by atoms with Crippen molar-refractivity contribution < 1.29 is 14.2 Å². The SMILES string of the molecule is COc1cc(N2CCC(N3C[C@H]4CN(C)C[C@H]4C3)CC2)c(C)cc1Nc1ncc(Br)c(Nc2[c]c3c(cc2)OCCO3)n1. The maximum atomic E-state index is 5.85. The Bertz CT molecular complexity index is 1470. The first-order chi connectivity index (χ1) is 20.9. The molecule has 5 heterocycles. The molecule has 1 radical (unpaired) electrons. The van der Waals surface area contributed by atoms with Crippen LogP contribution in [0.15, 0.2) is 34.9 Å². The zero-order chi connectivity index (χ0) is 29.5. The van der Waals surface area contributed by atoms with Gasteiger partial charge >= 0.3 is 0 Å². The lowest BCUT2D eigenvalue weighted by atomic mass is 10.0. The third-order valence-corrected chi connectivity index (χ3v) is 9.82. The minimum absolute atomic E-state index is 0.455. The van der Waals surface area contributed by atoms with Gasteiger partial charge in [0.15, 0.2) is 11.5 Å². The number of anilines is 5. The first-order valence-electron chi connectivity index (χ1n) is 15.2. The van der Waals surface area contributed by atoms with Gasteiger partial charge in [0.05, 0.1) is 29.0 Å². The molecule has 0 unspecified atom stereocenters. The first-order valence-corrected chi connectivity index (χ1v) is 16.0. The topological polar surface area (TPSA) is 87.3 Å². The van der Waals surface area contributed by atoms with Gasteiger partial charge in [-0.1, -0.05) is 0 Å². The van der Waals surface area contributed by atoms with E-state index in [4.69, 9.17) is 19.2 Å². The average molecular weight is 650 g/mol. The van der Waals surface area contributed by atoms with E-state index in [0.717, 1.165) is 46.5 Å². The largest absolute Gasteiger partial charge is 0.494 e. The van der Waals surface area contributed by atoms with Crippen LogP contribution in [0.2, 0.25) is 0 Å². The summed E-state index contributed by atoms with van der Waals surface area (Å²) in [6, 6.07) is 12.0. The highest BCUT2D eigenvalue weighted by Crippen LogP contribution is 2.39. The molecule has 0 bridgehead atoms. The molecule has 2 aromatic carbocycles. The summed E-state index contributed by atoms with van der Waals surface area (Å²) in [6.07, 6.45) is 4.14. The Morgan fingerprint density at radius 3 is 2.56 bits per heavy atom. The fourth-order valence-corrected chi connectivity index (χ4v) is 7.42. The molecule has 4 aliphatic heterocycles. The number of nitrogens with one attached hydrogen (secondary N) is 2. The standard InChI is InChI=1S/C32H39BrN7O3/c1-20-12-26(36-32-34-15-25(33)31(37-32)35-23-4-5-28-30(13-23)43-11-10-42-28)29(41-3)14-27(20)39-8-6-24(7-9-39)40-18-21-16-38(2)17-22(21)19-40/h4-5,12,14-15,21-22,24H,6-11,16-19H2,1-3H3,(H2,34,35,36,37)/t21-,22+. The number of fused-ring (bicyclic) bond motifs is 2. The van der Waals surface area contributed by atoms with E-state index >= 15 is 0 Å². The van der Waals surface area contributed by atoms with Crippen molar-refractivity contribution in [1.29, 1.82) is 0 Å². The maximum Gasteiger partial charge on any atom is 0.229 e. The number of methoxy groups -OCH3 is 1. The minimum Gasteiger partial charge on any atom is -0.494 e. The van der Waals surface area contributed by atoms with Gasteiger partial charge in [0.1, 0.15) is 24.8 Å². The molecule has 11 heteroatoms. The van der Waals surface area contributed by atoms with Crippen LogP contribution in [0.5, 0.6) is 17.2 Å². The van der Waals surface area contributed by atoms with Crippen molar-refractivity contribution in [2.24, 2.45) is 11.8 Å². The second-order valence-electron chi connectivity index (χ2n) is 12.2. The van der Waals surface area contributed by atoms with Crippen LogP contribution in [-0.4, -0.2) is 92.4 Å². The number of piperidine rings is 1. The molecule has 0 spiro atoms. The van der Waals surface area contributed by atoms with Gasteiger partial charge in [-0.25, -0.2) is 4.98 Å². The molecule has 1 aromatic heterocycles. The highest BCUT2D eigenvalue weighted by atomic mass is 79.9. The lowest BCUT2D eigenvalue weighted by Crippen LogP contribution is -2.45. The first kappa shape index (κ1) is 28.5. The number of halogens is 1. The smallest absolute Gasteiger partial charge is 0.229 e. The van der Waals surface area contributed by atoms with Gasteiger partial charge < -0.3 is 34.6 Å². The Morgan fingerprint density at radius 1 is 1.02 bits per heavy atom. The Hall–Kier alpha value is -3.28. The van der Waals surface area contributed by atoms with Gasteiger partial charge in [-0.2, -0.15) is 4.98 Å². The van der Waals surface area contributed by atoms with Crippen molar-refractivity contribution in [1.82, 2.24) is 19.8 Å². The molecule has 7 rings (SSSR count). The average Bonchev–Trinajstić information content (AvgIpc) is 3.57. The van der Waals surface area contributed by atoms with Gasteiger partial charge in [0, 0.05) is 63.3 Å². The van der Waals surface area contributed by atoms with Crippen LogP contribution in [-0.2, 0) is 0 Å². The number of ether oxygens (including phenoxy) is 3. The minimum atomic E-state index is 0.455. The Morgan fingerprint density at radius 2 is 1.79 bits per heavy atom. The molecular weight excluding hydrogens is 610 g/mol.